The number of aromatic nitrogens is 4. The molecule has 2 aromatic rings. The van der Waals surface area contributed by atoms with Crippen LogP contribution in [0.5, 0.6) is 0 Å². The van der Waals surface area contributed by atoms with Gasteiger partial charge in [0.1, 0.15) is 5.52 Å². The minimum absolute atomic E-state index is 0.165. The topological polar surface area (TPSA) is 71.5 Å². The van der Waals surface area contributed by atoms with Crippen LogP contribution in [-0.4, -0.2) is 32.6 Å². The molecule has 0 aliphatic heterocycles. The average Bonchev–Trinajstić information content (AvgIpc) is 2.62. The average molecular weight is 198 g/mol. The number of nitrogens with zero attached hydrogens (tertiary/aromatic N) is 3. The highest BCUT2D eigenvalue weighted by Crippen LogP contribution is 2.11. The number of Topliss-reactive ketones (excluding diaryl/α,β-unsaturated/α-hetero) is 1. The van der Waals surface area contributed by atoms with Crippen LogP contribution in [0.3, 0.4) is 0 Å². The summed E-state index contributed by atoms with van der Waals surface area (Å²) >= 11 is 0. The molecule has 1 N–H and O–H groups in total. The van der Waals surface area contributed by atoms with Crippen molar-refractivity contribution in [3.05, 3.63) is 17.8 Å². The molecule has 0 amide bonds. The van der Waals surface area contributed by atoms with Crippen LogP contribution in [0, 0.1) is 0 Å². The zero-order valence-corrected chi connectivity index (χ0v) is 6.74. The highest BCUT2D eigenvalue weighted by Gasteiger charge is 2.18. The molecular weight excluding hydrogens is 194 g/mol. The standard InChI is InChI=1S/C7H4F2N4O/c8-6(9)5(14)3-1-4-7(10-2-3)12-13-11-4/h1-2,6H,(H,10,11,12,13). The molecule has 0 spiro atoms. The van der Waals surface area contributed by atoms with Gasteiger partial charge in [0.25, 0.3) is 0 Å². The van der Waals surface area contributed by atoms with Gasteiger partial charge in [-0.2, -0.15) is 10.3 Å². The van der Waals surface area contributed by atoms with Crippen LogP contribution in [0.25, 0.3) is 11.2 Å². The van der Waals surface area contributed by atoms with Crippen molar-refractivity contribution in [2.24, 2.45) is 0 Å². The third-order valence-electron chi connectivity index (χ3n) is 1.66. The van der Waals surface area contributed by atoms with Crippen LogP contribution in [0.2, 0.25) is 0 Å². The van der Waals surface area contributed by atoms with E-state index in [9.17, 15) is 13.6 Å². The summed E-state index contributed by atoms with van der Waals surface area (Å²) in [7, 11) is 0. The number of rotatable bonds is 2. The Kier molecular flexibility index (Phi) is 1.91. The van der Waals surface area contributed by atoms with E-state index in [0.29, 0.717) is 0 Å². The lowest BCUT2D eigenvalue weighted by Crippen LogP contribution is -2.10. The first kappa shape index (κ1) is 8.67. The van der Waals surface area contributed by atoms with Gasteiger partial charge in [0.05, 0.1) is 0 Å². The van der Waals surface area contributed by atoms with Crippen LogP contribution in [0.15, 0.2) is 12.3 Å². The van der Waals surface area contributed by atoms with E-state index in [4.69, 9.17) is 0 Å². The molecule has 2 rings (SSSR count). The maximum atomic E-state index is 12.0. The molecule has 0 fully saturated rings. The lowest BCUT2D eigenvalue weighted by atomic mass is 10.2. The number of ketones is 1. The van der Waals surface area contributed by atoms with Crippen LogP contribution in [-0.2, 0) is 0 Å². The van der Waals surface area contributed by atoms with E-state index in [0.717, 1.165) is 6.20 Å². The van der Waals surface area contributed by atoms with Gasteiger partial charge in [0, 0.05) is 11.8 Å². The number of pyridine rings is 1. The van der Waals surface area contributed by atoms with Crippen molar-refractivity contribution >= 4 is 16.9 Å². The summed E-state index contributed by atoms with van der Waals surface area (Å²) in [4.78, 5) is 14.5. The monoisotopic (exact) mass is 198 g/mol. The Labute approximate surface area is 76.1 Å². The highest BCUT2D eigenvalue weighted by atomic mass is 19.3. The minimum Gasteiger partial charge on any atom is -0.288 e. The van der Waals surface area contributed by atoms with E-state index in [1.165, 1.54) is 6.07 Å². The van der Waals surface area contributed by atoms with Crippen LogP contribution >= 0.6 is 0 Å². The summed E-state index contributed by atoms with van der Waals surface area (Å²) in [5.74, 6) is -1.26. The van der Waals surface area contributed by atoms with E-state index in [1.807, 2.05) is 0 Å². The molecule has 2 heterocycles. The number of H-pyrrole nitrogens is 1. The Balaban J connectivity index is 2.48. The first-order chi connectivity index (χ1) is 6.68. The molecule has 0 bridgehead atoms. The van der Waals surface area contributed by atoms with E-state index in [1.54, 1.807) is 0 Å². The highest BCUT2D eigenvalue weighted by molar-refractivity contribution is 5.99. The van der Waals surface area contributed by atoms with Crippen molar-refractivity contribution in [1.29, 1.82) is 0 Å². The smallest absolute Gasteiger partial charge is 0.288 e. The zero-order chi connectivity index (χ0) is 10.1. The van der Waals surface area contributed by atoms with Gasteiger partial charge >= 0.3 is 6.43 Å². The van der Waals surface area contributed by atoms with Gasteiger partial charge in [-0.3, -0.25) is 4.79 Å². The van der Waals surface area contributed by atoms with Crippen molar-refractivity contribution in [3.8, 4) is 0 Å². The predicted octanol–water partition coefficient (Wildman–Crippen LogP) is 0.801. The van der Waals surface area contributed by atoms with Crippen molar-refractivity contribution in [1.82, 2.24) is 20.4 Å². The molecule has 14 heavy (non-hydrogen) atoms. The normalized spacial score (nSPS) is 11.1. The number of carbonyl (C=O) groups is 1. The molecule has 72 valence electrons. The summed E-state index contributed by atoms with van der Waals surface area (Å²) in [6.07, 6.45) is -1.97. The molecule has 0 unspecified atom stereocenters. The largest absolute Gasteiger partial charge is 0.300 e. The number of aromatic amines is 1. The van der Waals surface area contributed by atoms with Crippen LogP contribution < -0.4 is 0 Å². The number of hydrogen-bond acceptors (Lipinski definition) is 4. The fourth-order valence-electron chi connectivity index (χ4n) is 1.00. The van der Waals surface area contributed by atoms with Gasteiger partial charge < -0.3 is 0 Å². The molecule has 0 aromatic carbocycles. The summed E-state index contributed by atoms with van der Waals surface area (Å²) in [5, 5.41) is 9.52. The van der Waals surface area contributed by atoms with Gasteiger partial charge in [-0.25, -0.2) is 13.8 Å². The number of nitrogens with one attached hydrogen (secondary N) is 1. The molecule has 7 heteroatoms. The molecule has 0 aliphatic rings. The Hall–Kier alpha value is -1.92. The van der Waals surface area contributed by atoms with E-state index in [2.05, 4.69) is 20.4 Å². The SMILES string of the molecule is O=C(c1cnc2n[nH]nc2c1)C(F)F. The summed E-state index contributed by atoms with van der Waals surface area (Å²) in [5.41, 5.74) is 0.411. The second kappa shape index (κ2) is 3.09. The molecule has 0 saturated heterocycles. The molecule has 2 aromatic heterocycles. The fraction of sp³-hybridized carbons (Fsp3) is 0.143. The van der Waals surface area contributed by atoms with Crippen molar-refractivity contribution in [2.75, 3.05) is 0 Å². The molecule has 0 saturated carbocycles. The van der Waals surface area contributed by atoms with Crippen molar-refractivity contribution < 1.29 is 13.6 Å². The third-order valence-corrected chi connectivity index (χ3v) is 1.66. The zero-order valence-electron chi connectivity index (χ0n) is 6.74. The molecular formula is C7H4F2N4O. The number of hydrogen-bond donors (Lipinski definition) is 1. The number of halogens is 2. The number of carbonyl (C=O) groups excluding carboxylic acids is 1. The Bertz CT molecular complexity index is 481. The quantitative estimate of drug-likeness (QED) is 0.724. The second-order valence-corrected chi connectivity index (χ2v) is 2.56. The van der Waals surface area contributed by atoms with E-state index < -0.39 is 12.2 Å². The third kappa shape index (κ3) is 1.32. The van der Waals surface area contributed by atoms with Crippen molar-refractivity contribution in [2.45, 2.75) is 6.43 Å². The van der Waals surface area contributed by atoms with E-state index in [-0.39, 0.29) is 16.7 Å². The second-order valence-electron chi connectivity index (χ2n) is 2.56. The Morgan fingerprint density at radius 2 is 2.21 bits per heavy atom. The Morgan fingerprint density at radius 3 is 2.93 bits per heavy atom. The summed E-state index contributed by atoms with van der Waals surface area (Å²) < 4.78 is 24.0. The van der Waals surface area contributed by atoms with Gasteiger partial charge in [-0.15, -0.1) is 5.10 Å². The minimum atomic E-state index is -3.03. The molecule has 0 radical (unpaired) electrons. The lowest BCUT2D eigenvalue weighted by molar-refractivity contribution is 0.0678. The number of fused-ring (bicyclic) bond motifs is 1. The lowest BCUT2D eigenvalue weighted by Gasteiger charge is -1.96. The van der Waals surface area contributed by atoms with Crippen molar-refractivity contribution in [3.63, 3.8) is 0 Å². The molecule has 0 atom stereocenters. The number of alkyl halides is 2. The predicted molar refractivity (Wildman–Crippen MR) is 42.0 cm³/mol. The van der Waals surface area contributed by atoms with Gasteiger partial charge in [-0.05, 0) is 6.07 Å². The first-order valence-electron chi connectivity index (χ1n) is 3.67. The van der Waals surface area contributed by atoms with Gasteiger partial charge in [-0.1, -0.05) is 0 Å². The van der Waals surface area contributed by atoms with Gasteiger partial charge in [0.2, 0.25) is 11.4 Å². The Morgan fingerprint density at radius 1 is 1.43 bits per heavy atom. The fourth-order valence-corrected chi connectivity index (χ4v) is 1.00. The maximum Gasteiger partial charge on any atom is 0.300 e. The summed E-state index contributed by atoms with van der Waals surface area (Å²) in [6, 6.07) is 1.22. The maximum absolute atomic E-state index is 12.0. The molecule has 5 nitrogen and oxygen atoms in total. The molecule has 0 aliphatic carbocycles. The summed E-state index contributed by atoms with van der Waals surface area (Å²) in [6.45, 7) is 0. The van der Waals surface area contributed by atoms with Crippen LogP contribution in [0.4, 0.5) is 8.78 Å². The van der Waals surface area contributed by atoms with E-state index >= 15 is 0 Å². The van der Waals surface area contributed by atoms with Crippen LogP contribution in [0.1, 0.15) is 10.4 Å². The van der Waals surface area contributed by atoms with Gasteiger partial charge in [0.15, 0.2) is 0 Å². The first-order valence-corrected chi connectivity index (χ1v) is 3.67.